The van der Waals surface area contributed by atoms with E-state index in [1.165, 1.54) is 0 Å². The van der Waals surface area contributed by atoms with Gasteiger partial charge in [-0.3, -0.25) is 0 Å². The Morgan fingerprint density at radius 3 is 1.84 bits per heavy atom. The van der Waals surface area contributed by atoms with Gasteiger partial charge in [-0.2, -0.15) is 0 Å². The smallest absolute Gasteiger partial charge is 0.267 e. The average Bonchev–Trinajstić information content (AvgIpc) is 4.13. The molecule has 15 rings (SSSR count). The fourth-order valence-corrected chi connectivity index (χ4v) is 12.6. The van der Waals surface area contributed by atoms with Gasteiger partial charge in [0.15, 0.2) is 11.3 Å². The number of hydrogen-bond acceptors (Lipinski definition) is 6. The number of ether oxygens (including phenoxy) is 2. The van der Waals surface area contributed by atoms with Crippen LogP contribution in [0.5, 0.6) is 23.0 Å². The first kappa shape index (κ1) is 28.2. The normalized spacial score (nSPS) is 14.3. The van der Waals surface area contributed by atoms with Gasteiger partial charge in [0.1, 0.15) is 34.0 Å². The van der Waals surface area contributed by atoms with Crippen molar-refractivity contribution in [3.63, 3.8) is 0 Å². The van der Waals surface area contributed by atoms with E-state index >= 15 is 0 Å². The van der Waals surface area contributed by atoms with Crippen LogP contribution in [0.15, 0.2) is 173 Å². The summed E-state index contributed by atoms with van der Waals surface area (Å²) >= 11 is 3.40. The lowest BCUT2D eigenvalue weighted by molar-refractivity contribution is 0.465. The van der Waals surface area contributed by atoms with E-state index < -0.39 is 24.8 Å². The largest absolute Gasteiger partial charge is 0.457 e. The topological polar surface area (TPSA) is 44.7 Å². The van der Waals surface area contributed by atoms with E-state index in [0.29, 0.717) is 39.7 Å². The van der Waals surface area contributed by atoms with Gasteiger partial charge in [0.05, 0.1) is 11.6 Å². The van der Waals surface area contributed by atoms with Crippen molar-refractivity contribution in [3.8, 4) is 45.3 Å². The lowest BCUT2D eigenvalue weighted by atomic mass is 9.34. The fraction of sp³-hybridized carbons (Fsp3) is 0. The van der Waals surface area contributed by atoms with Crippen LogP contribution in [0.25, 0.3) is 106 Å². The van der Waals surface area contributed by atoms with Crippen molar-refractivity contribution in [2.75, 3.05) is 0 Å². The minimum atomic E-state index is -0.518. The Morgan fingerprint density at radius 2 is 1.05 bits per heavy atom. The Hall–Kier alpha value is -7.32. The average molecular weight is 820 g/mol. The van der Waals surface area contributed by atoms with E-state index in [1.54, 1.807) is 28.7 Å². The zero-order chi connectivity index (χ0) is 43.9. The first-order chi connectivity index (χ1) is 32.3. The van der Waals surface area contributed by atoms with Gasteiger partial charge >= 0.3 is 0 Å². The maximum Gasteiger partial charge on any atom is 0.267 e. The van der Waals surface area contributed by atoms with Gasteiger partial charge in [-0.1, -0.05) is 121 Å². The van der Waals surface area contributed by atoms with Crippen LogP contribution < -0.4 is 25.9 Å². The van der Waals surface area contributed by atoms with Crippen molar-refractivity contribution in [2.24, 2.45) is 0 Å². The SMILES string of the molecule is [2H]c1c([2H])c([2H])c(-c2cc3c4c(c2)Oc2c(c5oc6ccc(-c7ccccc7)cc6c5c5c2sc2ccccc25)B4c2c(c4oc5ccccc5c4c4c2sc2ccccc24)O3)c([2H])c1[2H]. The van der Waals surface area contributed by atoms with Crippen LogP contribution in [0.1, 0.15) is 6.85 Å². The lowest BCUT2D eigenvalue weighted by Gasteiger charge is -2.34. The zero-order valence-corrected chi connectivity index (χ0v) is 33.4. The van der Waals surface area contributed by atoms with Crippen LogP contribution in [-0.4, -0.2) is 6.71 Å². The molecule has 0 saturated heterocycles. The Balaban J connectivity index is 1.15. The molecule has 0 bridgehead atoms. The number of para-hydroxylation sites is 1. The van der Waals surface area contributed by atoms with Gasteiger partial charge in [-0.25, -0.2) is 0 Å². The number of benzene rings is 9. The molecule has 9 aromatic carbocycles. The highest BCUT2D eigenvalue weighted by Gasteiger charge is 2.47. The Kier molecular flexibility index (Phi) is 5.41. The quantitative estimate of drug-likeness (QED) is 0.163. The van der Waals surface area contributed by atoms with Crippen LogP contribution >= 0.6 is 22.7 Å². The molecule has 0 amide bonds. The maximum absolute atomic E-state index is 9.05. The van der Waals surface area contributed by atoms with Crippen molar-refractivity contribution in [1.29, 1.82) is 0 Å². The Morgan fingerprint density at radius 1 is 0.426 bits per heavy atom. The molecule has 0 unspecified atom stereocenters. The predicted octanol–water partition coefficient (Wildman–Crippen LogP) is 14.3. The summed E-state index contributed by atoms with van der Waals surface area (Å²) in [7, 11) is 0. The van der Waals surface area contributed by atoms with Gasteiger partial charge in [0, 0.05) is 68.1 Å². The molecule has 282 valence electrons. The highest BCUT2D eigenvalue weighted by atomic mass is 32.1. The van der Waals surface area contributed by atoms with Crippen LogP contribution in [-0.2, 0) is 0 Å². The molecule has 4 aromatic heterocycles. The van der Waals surface area contributed by atoms with Crippen molar-refractivity contribution >= 4 is 130 Å². The first-order valence-electron chi connectivity index (χ1n) is 22.6. The summed E-state index contributed by atoms with van der Waals surface area (Å²) in [5.41, 5.74) is 7.97. The summed E-state index contributed by atoms with van der Waals surface area (Å²) < 4.78 is 76.6. The highest BCUT2D eigenvalue weighted by molar-refractivity contribution is 7.28. The second kappa shape index (κ2) is 11.7. The molecule has 0 spiro atoms. The number of hydrogen-bond donors (Lipinski definition) is 0. The van der Waals surface area contributed by atoms with Crippen LogP contribution in [0.3, 0.4) is 0 Å². The molecular formula is C54H27BO4S2. The molecule has 7 heteroatoms. The molecule has 6 heterocycles. The van der Waals surface area contributed by atoms with Crippen LogP contribution in [0, 0.1) is 0 Å². The predicted molar refractivity (Wildman–Crippen MR) is 255 cm³/mol. The second-order valence-corrected chi connectivity index (χ2v) is 17.9. The summed E-state index contributed by atoms with van der Waals surface area (Å²) in [4.78, 5) is 0. The Labute approximate surface area is 362 Å². The summed E-state index contributed by atoms with van der Waals surface area (Å²) in [5.74, 6) is 2.11. The van der Waals surface area contributed by atoms with E-state index in [9.17, 15) is 0 Å². The lowest BCUT2D eigenvalue weighted by Crippen LogP contribution is -2.57. The summed E-state index contributed by atoms with van der Waals surface area (Å²) in [6, 6.07) is 43.5. The van der Waals surface area contributed by atoms with Crippen LogP contribution in [0.2, 0.25) is 0 Å². The van der Waals surface area contributed by atoms with E-state index in [-0.39, 0.29) is 17.6 Å². The van der Waals surface area contributed by atoms with Crippen molar-refractivity contribution in [3.05, 3.63) is 164 Å². The third kappa shape index (κ3) is 4.24. The first-order valence-corrected chi connectivity index (χ1v) is 21.7. The third-order valence-corrected chi connectivity index (χ3v) is 15.0. The van der Waals surface area contributed by atoms with Crippen molar-refractivity contribution in [1.82, 2.24) is 0 Å². The van der Waals surface area contributed by atoms with Crippen LogP contribution in [0.4, 0.5) is 0 Å². The minimum Gasteiger partial charge on any atom is -0.457 e. The molecule has 2 aliphatic rings. The molecule has 2 aliphatic heterocycles. The van der Waals surface area contributed by atoms with Gasteiger partial charge in [0.25, 0.3) is 6.71 Å². The van der Waals surface area contributed by atoms with Gasteiger partial charge in [0.2, 0.25) is 0 Å². The van der Waals surface area contributed by atoms with Gasteiger partial charge < -0.3 is 18.3 Å². The standard InChI is InChI=1S/C54H27BO4S2/c1-3-13-28(14-4-1)30-23-24-37-35(25-30)43-45-34-19-9-12-22-41(34)61-54(45)52-47(49(43)56-37)55-46-38(26-31(27-39(46)59-52)29-15-5-2-6-16-29)58-51-48(55)53-44(33-18-8-11-21-40(33)60-53)42-32-17-7-10-20-36(32)57-50(42)51/h1-27H/i2D,5D,6D,15D,16D. The van der Waals surface area contributed by atoms with Crippen molar-refractivity contribution in [2.45, 2.75) is 0 Å². The molecule has 61 heavy (non-hydrogen) atoms. The molecule has 0 radical (unpaired) electrons. The molecule has 13 aromatic rings. The van der Waals surface area contributed by atoms with E-state index in [2.05, 4.69) is 97.1 Å². The van der Waals surface area contributed by atoms with Crippen molar-refractivity contribution < 1.29 is 25.2 Å². The molecule has 4 nitrogen and oxygen atoms in total. The third-order valence-electron chi connectivity index (χ3n) is 12.7. The van der Waals surface area contributed by atoms with E-state index in [0.717, 1.165) is 101 Å². The number of thiophene rings is 2. The second-order valence-electron chi connectivity index (χ2n) is 15.8. The minimum absolute atomic E-state index is 0.0585. The van der Waals surface area contributed by atoms with Gasteiger partial charge in [-0.15, -0.1) is 22.7 Å². The fourth-order valence-electron chi connectivity index (χ4n) is 10.2. The number of rotatable bonds is 2. The molecule has 0 atom stereocenters. The monoisotopic (exact) mass is 819 g/mol. The number of furan rings is 2. The molecular weight excluding hydrogens is 788 g/mol. The highest BCUT2D eigenvalue weighted by Crippen LogP contribution is 2.53. The number of fused-ring (bicyclic) bond motifs is 22. The molecule has 0 fully saturated rings. The van der Waals surface area contributed by atoms with E-state index in [1.807, 2.05) is 30.3 Å². The maximum atomic E-state index is 9.05. The zero-order valence-electron chi connectivity index (χ0n) is 36.7. The molecule has 0 N–H and O–H groups in total. The van der Waals surface area contributed by atoms with E-state index in [4.69, 9.17) is 25.2 Å². The Bertz CT molecular complexity index is 4330. The molecule has 0 aliphatic carbocycles. The summed E-state index contributed by atoms with van der Waals surface area (Å²) in [6.45, 7) is -0.518. The molecule has 0 saturated carbocycles. The summed E-state index contributed by atoms with van der Waals surface area (Å²) in [5, 5.41) is 8.25. The summed E-state index contributed by atoms with van der Waals surface area (Å²) in [6.07, 6.45) is 0. The van der Waals surface area contributed by atoms with Gasteiger partial charge in [-0.05, 0) is 70.2 Å².